The van der Waals surface area contributed by atoms with Crippen LogP contribution >= 0.6 is 0 Å². The first-order valence-corrected chi connectivity index (χ1v) is 11.3. The molecule has 0 saturated carbocycles. The fraction of sp³-hybridized carbons (Fsp3) is 0.296. The third kappa shape index (κ3) is 5.20. The van der Waals surface area contributed by atoms with Crippen LogP contribution in [0.4, 0.5) is 0 Å². The minimum Gasteiger partial charge on any atom is -0.497 e. The molecule has 4 aromatic rings. The maximum atomic E-state index is 11.3. The summed E-state index contributed by atoms with van der Waals surface area (Å²) >= 11 is 0. The Morgan fingerprint density at radius 2 is 1.74 bits per heavy atom. The van der Waals surface area contributed by atoms with Gasteiger partial charge in [-0.3, -0.25) is 4.79 Å². The normalized spacial score (nSPS) is 11.9. The molecule has 7 heteroatoms. The summed E-state index contributed by atoms with van der Waals surface area (Å²) in [4.78, 5) is 20.2. The molecule has 0 bridgehead atoms. The number of unbranched alkanes of at least 4 members (excludes halogenated alkanes) is 1. The number of methoxy groups -OCH3 is 2. The molecular weight excluding hydrogens is 432 g/mol. The lowest BCUT2D eigenvalue weighted by Gasteiger charge is -2.14. The molecule has 0 saturated heterocycles. The first kappa shape index (κ1) is 23.3. The lowest BCUT2D eigenvalue weighted by atomic mass is 9.99. The highest BCUT2D eigenvalue weighted by atomic mass is 16.5. The van der Waals surface area contributed by atoms with Gasteiger partial charge in [-0.2, -0.15) is 0 Å². The highest BCUT2D eigenvalue weighted by Crippen LogP contribution is 2.43. The largest absolute Gasteiger partial charge is 0.497 e. The van der Waals surface area contributed by atoms with Crippen molar-refractivity contribution < 1.29 is 23.4 Å². The molecule has 2 aromatic heterocycles. The zero-order chi connectivity index (χ0) is 23.9. The van der Waals surface area contributed by atoms with Crippen LogP contribution in [0, 0.1) is 0 Å². The number of carbonyl (C=O) groups is 1. The Balaban J connectivity index is 1.69. The number of esters is 1. The van der Waals surface area contributed by atoms with Crippen molar-refractivity contribution in [3.05, 3.63) is 60.9 Å². The lowest BCUT2D eigenvalue weighted by molar-refractivity contribution is -0.140. The van der Waals surface area contributed by atoms with E-state index >= 15 is 0 Å². The Bertz CT molecular complexity index is 1240. The van der Waals surface area contributed by atoms with E-state index in [0.717, 1.165) is 47.1 Å². The third-order valence-electron chi connectivity index (χ3n) is 5.65. The summed E-state index contributed by atoms with van der Waals surface area (Å²) in [6, 6.07) is 17.7. The van der Waals surface area contributed by atoms with Gasteiger partial charge in [0.1, 0.15) is 23.2 Å². The molecule has 0 aliphatic rings. The molecule has 0 N–H and O–H groups in total. The number of carbonyl (C=O) groups excluding carboxylic acids is 1. The molecule has 34 heavy (non-hydrogen) atoms. The highest BCUT2D eigenvalue weighted by Gasteiger charge is 2.23. The van der Waals surface area contributed by atoms with Crippen molar-refractivity contribution in [2.45, 2.75) is 38.7 Å². The van der Waals surface area contributed by atoms with E-state index < -0.39 is 0 Å². The molecule has 0 spiro atoms. The van der Waals surface area contributed by atoms with Gasteiger partial charge >= 0.3 is 5.97 Å². The summed E-state index contributed by atoms with van der Waals surface area (Å²) in [5.41, 5.74) is 3.22. The van der Waals surface area contributed by atoms with Crippen LogP contribution in [0.2, 0.25) is 0 Å². The van der Waals surface area contributed by atoms with E-state index in [2.05, 4.69) is 9.97 Å². The Morgan fingerprint density at radius 1 is 0.971 bits per heavy atom. The standard InChI is InChI=1S/C27H28N2O5/c1-18(9-7-8-12-22(30)32-3)33-26-24-23(19-13-15-21(31-2)16-14-19)25(20-10-5-4-6-11-20)34-27(24)29-17-28-26/h4-6,10-11,13-18H,7-9,12H2,1-3H3. The highest BCUT2D eigenvalue weighted by molar-refractivity contribution is 6.03. The number of benzene rings is 2. The zero-order valence-electron chi connectivity index (χ0n) is 19.6. The van der Waals surface area contributed by atoms with Gasteiger partial charge in [0.2, 0.25) is 11.6 Å². The van der Waals surface area contributed by atoms with Gasteiger partial charge < -0.3 is 18.6 Å². The van der Waals surface area contributed by atoms with Crippen molar-refractivity contribution in [3.8, 4) is 34.1 Å². The van der Waals surface area contributed by atoms with E-state index in [-0.39, 0.29) is 12.1 Å². The number of furan rings is 1. The molecular formula is C27H28N2O5. The van der Waals surface area contributed by atoms with Crippen molar-refractivity contribution in [2.24, 2.45) is 0 Å². The van der Waals surface area contributed by atoms with Crippen LogP contribution in [0.15, 0.2) is 65.3 Å². The van der Waals surface area contributed by atoms with Crippen molar-refractivity contribution in [1.29, 1.82) is 0 Å². The number of hydrogen-bond acceptors (Lipinski definition) is 7. The summed E-state index contributed by atoms with van der Waals surface area (Å²) in [6.07, 6.45) is 4.14. The number of aromatic nitrogens is 2. The van der Waals surface area contributed by atoms with Gasteiger partial charge in [0.05, 0.1) is 20.3 Å². The predicted molar refractivity (Wildman–Crippen MR) is 130 cm³/mol. The quantitative estimate of drug-likeness (QED) is 0.210. The third-order valence-corrected chi connectivity index (χ3v) is 5.65. The van der Waals surface area contributed by atoms with Crippen LogP contribution in [0.5, 0.6) is 11.6 Å². The van der Waals surface area contributed by atoms with E-state index in [1.807, 2.05) is 61.5 Å². The van der Waals surface area contributed by atoms with Crippen molar-refractivity contribution in [1.82, 2.24) is 9.97 Å². The SMILES string of the molecule is COC(=O)CCCCC(C)Oc1ncnc2oc(-c3ccccc3)c(-c3ccc(OC)cc3)c12. The maximum absolute atomic E-state index is 11.3. The number of rotatable bonds is 10. The second-order valence-corrected chi connectivity index (χ2v) is 8.01. The Morgan fingerprint density at radius 3 is 2.44 bits per heavy atom. The van der Waals surface area contributed by atoms with Gasteiger partial charge in [0.25, 0.3) is 0 Å². The average molecular weight is 461 g/mol. The molecule has 0 fully saturated rings. The first-order valence-electron chi connectivity index (χ1n) is 11.3. The topological polar surface area (TPSA) is 83.7 Å². The minimum absolute atomic E-state index is 0.102. The molecule has 176 valence electrons. The molecule has 0 radical (unpaired) electrons. The smallest absolute Gasteiger partial charge is 0.305 e. The molecule has 4 rings (SSSR count). The maximum Gasteiger partial charge on any atom is 0.305 e. The molecule has 1 atom stereocenters. The van der Waals surface area contributed by atoms with Gasteiger partial charge in [-0.05, 0) is 43.9 Å². The van der Waals surface area contributed by atoms with Crippen molar-refractivity contribution in [3.63, 3.8) is 0 Å². The number of nitrogens with zero attached hydrogens (tertiary/aromatic N) is 2. The second-order valence-electron chi connectivity index (χ2n) is 8.01. The average Bonchev–Trinajstić information content (AvgIpc) is 3.28. The van der Waals surface area contributed by atoms with E-state index in [1.165, 1.54) is 13.4 Å². The van der Waals surface area contributed by atoms with Crippen LogP contribution in [-0.4, -0.2) is 36.3 Å². The Hall–Kier alpha value is -3.87. The molecule has 0 aliphatic carbocycles. The second kappa shape index (κ2) is 10.8. The predicted octanol–water partition coefficient (Wildman–Crippen LogP) is 6.07. The van der Waals surface area contributed by atoms with Crippen molar-refractivity contribution >= 4 is 17.1 Å². The molecule has 2 aromatic carbocycles. The van der Waals surface area contributed by atoms with Crippen LogP contribution in [-0.2, 0) is 9.53 Å². The summed E-state index contributed by atoms with van der Waals surface area (Å²) in [5.74, 6) is 1.76. The summed E-state index contributed by atoms with van der Waals surface area (Å²) in [5, 5.41) is 0.730. The van der Waals surface area contributed by atoms with Gasteiger partial charge in [-0.1, -0.05) is 42.5 Å². The summed E-state index contributed by atoms with van der Waals surface area (Å²) in [6.45, 7) is 2.00. The van der Waals surface area contributed by atoms with Crippen LogP contribution < -0.4 is 9.47 Å². The van der Waals surface area contributed by atoms with E-state index in [9.17, 15) is 4.79 Å². The van der Waals surface area contributed by atoms with Crippen molar-refractivity contribution in [2.75, 3.05) is 14.2 Å². The number of ether oxygens (including phenoxy) is 3. The fourth-order valence-electron chi connectivity index (χ4n) is 3.87. The number of fused-ring (bicyclic) bond motifs is 1. The van der Waals surface area contributed by atoms with E-state index in [0.29, 0.717) is 23.8 Å². The fourth-order valence-corrected chi connectivity index (χ4v) is 3.87. The molecule has 7 nitrogen and oxygen atoms in total. The molecule has 0 amide bonds. The van der Waals surface area contributed by atoms with Gasteiger partial charge in [0.15, 0.2) is 0 Å². The number of hydrogen-bond donors (Lipinski definition) is 0. The summed E-state index contributed by atoms with van der Waals surface area (Å²) in [7, 11) is 3.05. The van der Waals surface area contributed by atoms with E-state index in [1.54, 1.807) is 7.11 Å². The zero-order valence-corrected chi connectivity index (χ0v) is 19.6. The van der Waals surface area contributed by atoms with Gasteiger partial charge in [0, 0.05) is 17.5 Å². The first-order chi connectivity index (χ1) is 16.6. The summed E-state index contributed by atoms with van der Waals surface area (Å²) < 4.78 is 22.5. The van der Waals surface area contributed by atoms with Crippen LogP contribution in [0.3, 0.4) is 0 Å². The molecule has 0 aliphatic heterocycles. The lowest BCUT2D eigenvalue weighted by Crippen LogP contribution is -2.13. The molecule has 1 unspecified atom stereocenters. The Kier molecular flexibility index (Phi) is 7.42. The minimum atomic E-state index is -0.193. The monoisotopic (exact) mass is 460 g/mol. The van der Waals surface area contributed by atoms with E-state index in [4.69, 9.17) is 18.6 Å². The van der Waals surface area contributed by atoms with Gasteiger partial charge in [-0.15, -0.1) is 0 Å². The van der Waals surface area contributed by atoms with Crippen LogP contribution in [0.25, 0.3) is 33.6 Å². The van der Waals surface area contributed by atoms with Gasteiger partial charge in [-0.25, -0.2) is 9.97 Å². The molecule has 2 heterocycles. The van der Waals surface area contributed by atoms with Crippen LogP contribution in [0.1, 0.15) is 32.6 Å². The Labute approximate surface area is 198 Å².